The predicted octanol–water partition coefficient (Wildman–Crippen LogP) is 9.00. The van der Waals surface area contributed by atoms with Gasteiger partial charge in [0.15, 0.2) is 5.15 Å². The second-order valence-electron chi connectivity index (χ2n) is 18.2. The molecule has 2 aliphatic heterocycles. The molecule has 1 saturated carbocycles. The number of hydrogen-bond donors (Lipinski definition) is 0. The first-order chi connectivity index (χ1) is 27.6. The Hall–Kier alpha value is -3.84. The summed E-state index contributed by atoms with van der Waals surface area (Å²) in [6.07, 6.45) is 6.37. The summed E-state index contributed by atoms with van der Waals surface area (Å²) in [6, 6.07) is 23.9. The predicted molar refractivity (Wildman–Crippen MR) is 233 cm³/mol. The molecule has 4 heterocycles. The second kappa shape index (κ2) is 16.0. The lowest BCUT2D eigenvalue weighted by molar-refractivity contribution is 0.00906. The van der Waals surface area contributed by atoms with E-state index in [1.807, 2.05) is 26.8 Å². The zero-order valence-corrected chi connectivity index (χ0v) is 37.0. The Morgan fingerprint density at radius 3 is 2.28 bits per heavy atom. The first-order valence-corrected chi connectivity index (χ1v) is 22.5. The van der Waals surface area contributed by atoms with Crippen molar-refractivity contribution in [3.63, 3.8) is 0 Å². The highest BCUT2D eigenvalue weighted by atomic mass is 35.5. The number of rotatable bonds is 9. The summed E-state index contributed by atoms with van der Waals surface area (Å²) in [5, 5.41) is 8.77. The quantitative estimate of drug-likeness (QED) is 0.136. The van der Waals surface area contributed by atoms with Gasteiger partial charge in [0.05, 0.1) is 42.6 Å². The average molecular weight is 841 g/mol. The molecule has 2 unspecified atom stereocenters. The van der Waals surface area contributed by atoms with Crippen LogP contribution in [0.1, 0.15) is 97.2 Å². The Morgan fingerprint density at radius 2 is 1.62 bits per heavy atom. The van der Waals surface area contributed by atoms with Gasteiger partial charge in [-0.15, -0.1) is 0 Å². The third-order valence-corrected chi connectivity index (χ3v) is 14.6. The second-order valence-corrected chi connectivity index (χ2v) is 21.0. The molecule has 1 amide bonds. The standard InChI is InChI=1S/C45H53Cl2N6O4Si/c1-43(2,3)31-13-17-34(18-14-31)58(33-11-9-8-10-12-33)57-39-27-55-28-45(39,7)51-21-19-29(20-22-51)35-24-37-30(23-36(35)46)25-48-41(50-37)52(42(54)56-44(4,5)6)38-26-49-53(40(38)47)32-15-16-32/h8-14,17-18,23-26,29,32,39H,15-16,19-22,27-28H2,1-7H3. The van der Waals surface area contributed by atoms with Crippen LogP contribution in [0, 0.1) is 0 Å². The fraction of sp³-hybridized carbons (Fsp3) is 0.467. The Labute approximate surface area is 353 Å². The van der Waals surface area contributed by atoms with Crippen molar-refractivity contribution >= 4 is 71.2 Å². The first-order valence-electron chi connectivity index (χ1n) is 20.3. The number of likely N-dealkylation sites (tertiary alicyclic amines) is 1. The van der Waals surface area contributed by atoms with Gasteiger partial charge in [-0.2, -0.15) is 5.10 Å². The van der Waals surface area contributed by atoms with E-state index in [1.165, 1.54) is 20.8 Å². The molecule has 0 bridgehead atoms. The summed E-state index contributed by atoms with van der Waals surface area (Å²) in [6.45, 7) is 17.4. The van der Waals surface area contributed by atoms with Gasteiger partial charge in [0.25, 0.3) is 9.04 Å². The lowest BCUT2D eigenvalue weighted by atomic mass is 9.85. The van der Waals surface area contributed by atoms with Crippen molar-refractivity contribution in [3.8, 4) is 0 Å². The summed E-state index contributed by atoms with van der Waals surface area (Å²) in [5.74, 6) is 0.374. The maximum atomic E-state index is 13.7. The molecule has 2 atom stereocenters. The molecule has 3 aromatic carbocycles. The molecular weight excluding hydrogens is 788 g/mol. The number of anilines is 2. The topological polar surface area (TPSA) is 94.8 Å². The van der Waals surface area contributed by atoms with E-state index in [4.69, 9.17) is 42.1 Å². The van der Waals surface area contributed by atoms with Crippen LogP contribution in [0.3, 0.4) is 0 Å². The third kappa shape index (κ3) is 8.44. The van der Waals surface area contributed by atoms with Crippen LogP contribution >= 0.6 is 23.2 Å². The molecule has 13 heteroatoms. The van der Waals surface area contributed by atoms with Crippen molar-refractivity contribution in [2.45, 2.75) is 109 Å². The van der Waals surface area contributed by atoms with Crippen molar-refractivity contribution in [1.29, 1.82) is 0 Å². The maximum Gasteiger partial charge on any atom is 0.422 e. The minimum atomic E-state index is -1.56. The molecule has 1 radical (unpaired) electrons. The van der Waals surface area contributed by atoms with Gasteiger partial charge >= 0.3 is 6.09 Å². The molecule has 10 nitrogen and oxygen atoms in total. The SMILES string of the molecule is CC(C)(C)OC(=O)N(c1ncc2cc(Cl)c(C3CCN(C4(C)COCC4O[Si](c4ccccc4)c4ccc(C(C)(C)C)cc4)CC3)cc2n1)c1cnn(C2CC2)c1Cl. The number of ether oxygens (including phenoxy) is 2. The summed E-state index contributed by atoms with van der Waals surface area (Å²) in [7, 11) is -1.56. The lowest BCUT2D eigenvalue weighted by Crippen LogP contribution is -2.60. The van der Waals surface area contributed by atoms with Crippen molar-refractivity contribution in [2.24, 2.45) is 0 Å². The Kier molecular flexibility index (Phi) is 11.3. The average Bonchev–Trinajstić information content (AvgIpc) is 3.86. The highest BCUT2D eigenvalue weighted by Crippen LogP contribution is 2.42. The van der Waals surface area contributed by atoms with Crippen molar-refractivity contribution in [1.82, 2.24) is 24.6 Å². The number of fused-ring (bicyclic) bond motifs is 1. The molecule has 2 saturated heterocycles. The van der Waals surface area contributed by atoms with E-state index in [0.29, 0.717) is 34.6 Å². The van der Waals surface area contributed by atoms with Crippen LogP contribution in [0.2, 0.25) is 10.2 Å². The smallest absolute Gasteiger partial charge is 0.422 e. The highest BCUT2D eigenvalue weighted by molar-refractivity contribution is 6.80. The highest BCUT2D eigenvalue weighted by Gasteiger charge is 2.48. The summed E-state index contributed by atoms with van der Waals surface area (Å²) < 4.78 is 21.0. The molecule has 2 aromatic heterocycles. The number of carbonyl (C=O) groups is 1. The van der Waals surface area contributed by atoms with E-state index >= 15 is 0 Å². The van der Waals surface area contributed by atoms with E-state index < -0.39 is 20.7 Å². The number of benzene rings is 3. The Bertz CT molecular complexity index is 2270. The zero-order chi connectivity index (χ0) is 41.0. The molecule has 3 fully saturated rings. The van der Waals surface area contributed by atoms with Gasteiger partial charge in [-0.05, 0) is 111 Å². The zero-order valence-electron chi connectivity index (χ0n) is 34.5. The van der Waals surface area contributed by atoms with Crippen LogP contribution in [0.15, 0.2) is 79.1 Å². The molecule has 0 N–H and O–H groups in total. The molecule has 0 spiro atoms. The summed E-state index contributed by atoms with van der Waals surface area (Å²) in [5.41, 5.74) is 2.46. The van der Waals surface area contributed by atoms with Gasteiger partial charge in [-0.3, -0.25) is 4.90 Å². The molecular formula is C45H53Cl2N6O4Si. The number of piperidine rings is 1. The molecule has 3 aliphatic rings. The van der Waals surface area contributed by atoms with Gasteiger partial charge in [0, 0.05) is 16.6 Å². The maximum absolute atomic E-state index is 13.7. The number of amides is 1. The first kappa shape index (κ1) is 40.9. The third-order valence-electron chi connectivity index (χ3n) is 11.6. The van der Waals surface area contributed by atoms with Crippen LogP contribution in [-0.4, -0.2) is 83.3 Å². The monoisotopic (exact) mass is 839 g/mol. The van der Waals surface area contributed by atoms with E-state index in [1.54, 1.807) is 17.1 Å². The van der Waals surface area contributed by atoms with Crippen LogP contribution < -0.4 is 15.3 Å². The molecule has 8 rings (SSSR count). The lowest BCUT2D eigenvalue weighted by Gasteiger charge is -2.45. The molecule has 1 aliphatic carbocycles. The largest absolute Gasteiger partial charge is 0.443 e. The summed E-state index contributed by atoms with van der Waals surface area (Å²) >= 11 is 13.8. The minimum Gasteiger partial charge on any atom is -0.443 e. The molecule has 5 aromatic rings. The van der Waals surface area contributed by atoms with Gasteiger partial charge in [0.2, 0.25) is 5.95 Å². The minimum absolute atomic E-state index is 0.0786. The van der Waals surface area contributed by atoms with Crippen LogP contribution in [0.5, 0.6) is 0 Å². The van der Waals surface area contributed by atoms with Crippen LogP contribution in [0.25, 0.3) is 10.9 Å². The fourth-order valence-electron chi connectivity index (χ4n) is 8.09. The fourth-order valence-corrected chi connectivity index (χ4v) is 10.9. The van der Waals surface area contributed by atoms with Crippen LogP contribution in [-0.2, 0) is 19.3 Å². The van der Waals surface area contributed by atoms with Gasteiger partial charge in [-0.25, -0.2) is 24.3 Å². The Balaban J connectivity index is 1.02. The number of aromatic nitrogens is 4. The van der Waals surface area contributed by atoms with Crippen molar-refractivity contribution in [2.75, 3.05) is 31.2 Å². The number of hydrogen-bond acceptors (Lipinski definition) is 8. The molecule has 305 valence electrons. The van der Waals surface area contributed by atoms with E-state index in [0.717, 1.165) is 49.7 Å². The normalized spacial score (nSPS) is 20.9. The van der Waals surface area contributed by atoms with Gasteiger partial charge in [0.1, 0.15) is 11.3 Å². The number of nitrogens with zero attached hydrogens (tertiary/aromatic N) is 6. The van der Waals surface area contributed by atoms with E-state index in [-0.39, 0.29) is 35.0 Å². The summed E-state index contributed by atoms with van der Waals surface area (Å²) in [4.78, 5) is 27.1. The Morgan fingerprint density at radius 1 is 0.931 bits per heavy atom. The van der Waals surface area contributed by atoms with Crippen molar-refractivity contribution in [3.05, 3.63) is 100 Å². The van der Waals surface area contributed by atoms with Gasteiger partial charge < -0.3 is 13.9 Å². The number of halogens is 2. The molecule has 58 heavy (non-hydrogen) atoms. The van der Waals surface area contributed by atoms with E-state index in [2.05, 4.69) is 103 Å². The van der Waals surface area contributed by atoms with Crippen LogP contribution in [0.4, 0.5) is 16.4 Å². The van der Waals surface area contributed by atoms with E-state index in [9.17, 15) is 4.79 Å². The van der Waals surface area contributed by atoms with Gasteiger partial charge in [-0.1, -0.05) is 98.6 Å². The number of carbonyl (C=O) groups excluding carboxylic acids is 1. The van der Waals surface area contributed by atoms with Crippen molar-refractivity contribution < 1.29 is 18.7 Å².